The quantitative estimate of drug-likeness (QED) is 0.877. The van der Waals surface area contributed by atoms with E-state index in [-0.39, 0.29) is 23.0 Å². The minimum absolute atomic E-state index is 0.0430. The van der Waals surface area contributed by atoms with E-state index in [1.54, 1.807) is 6.20 Å². The summed E-state index contributed by atoms with van der Waals surface area (Å²) in [7, 11) is 0. The number of amides is 1. The number of nitrogens with zero attached hydrogens (tertiary/aromatic N) is 3. The minimum atomic E-state index is -0.174. The molecule has 7 nitrogen and oxygen atoms in total. The molecule has 0 saturated carbocycles. The summed E-state index contributed by atoms with van der Waals surface area (Å²) in [6.07, 6.45) is 2.84. The van der Waals surface area contributed by atoms with Gasteiger partial charge in [-0.3, -0.25) is 9.59 Å². The molecule has 1 aliphatic rings. The molecule has 1 amide bonds. The van der Waals surface area contributed by atoms with Gasteiger partial charge in [-0.2, -0.15) is 0 Å². The highest BCUT2D eigenvalue weighted by atomic mass is 16.2. The topological polar surface area (TPSA) is 91.0 Å². The zero-order chi connectivity index (χ0) is 18.9. The van der Waals surface area contributed by atoms with Gasteiger partial charge in [0.15, 0.2) is 0 Å². The van der Waals surface area contributed by atoms with Crippen molar-refractivity contribution in [2.75, 3.05) is 11.9 Å². The van der Waals surface area contributed by atoms with Crippen molar-refractivity contribution in [1.82, 2.24) is 19.9 Å². The number of carbonyl (C=O) groups excluding carboxylic acids is 1. The molecule has 2 N–H and O–H groups in total. The van der Waals surface area contributed by atoms with Gasteiger partial charge < -0.3 is 15.2 Å². The van der Waals surface area contributed by atoms with Crippen LogP contribution in [0.25, 0.3) is 11.4 Å². The largest absolute Gasteiger partial charge is 0.365 e. The van der Waals surface area contributed by atoms with Crippen LogP contribution in [0.15, 0.2) is 29.2 Å². The van der Waals surface area contributed by atoms with Gasteiger partial charge in [-0.25, -0.2) is 9.97 Å². The fraction of sp³-hybridized carbons (Fsp3) is 0.474. The summed E-state index contributed by atoms with van der Waals surface area (Å²) in [5, 5.41) is 3.32. The molecule has 0 aromatic carbocycles. The maximum Gasteiger partial charge on any atom is 0.251 e. The van der Waals surface area contributed by atoms with E-state index in [0.717, 1.165) is 11.3 Å². The van der Waals surface area contributed by atoms with Crippen molar-refractivity contribution in [3.8, 4) is 11.4 Å². The number of aromatic nitrogens is 3. The predicted octanol–water partition coefficient (Wildman–Crippen LogP) is 2.21. The van der Waals surface area contributed by atoms with E-state index >= 15 is 0 Å². The number of aryl methyl sites for hydroxylation is 1. The number of carbonyl (C=O) groups is 1. The Labute approximate surface area is 152 Å². The van der Waals surface area contributed by atoms with Gasteiger partial charge in [-0.05, 0) is 39.3 Å². The van der Waals surface area contributed by atoms with Crippen molar-refractivity contribution in [3.05, 3.63) is 40.4 Å². The molecule has 1 fully saturated rings. The molecule has 26 heavy (non-hydrogen) atoms. The normalized spacial score (nSPS) is 17.6. The molecule has 0 radical (unpaired) electrons. The molecule has 7 heteroatoms. The van der Waals surface area contributed by atoms with Crippen LogP contribution in [-0.2, 0) is 11.2 Å². The SMILES string of the molecule is CCc1cc(=O)[nH]c(-c2ccc(NC3CC(=O)N(C(C)(C)C)C3)nc2)n1. The van der Waals surface area contributed by atoms with E-state index in [2.05, 4.69) is 20.3 Å². The van der Waals surface area contributed by atoms with E-state index in [1.807, 2.05) is 44.7 Å². The van der Waals surface area contributed by atoms with Gasteiger partial charge in [0.2, 0.25) is 5.91 Å². The molecule has 0 aliphatic carbocycles. The fourth-order valence-corrected chi connectivity index (χ4v) is 3.11. The molecule has 1 atom stereocenters. The molecule has 2 aromatic heterocycles. The molecule has 138 valence electrons. The number of rotatable bonds is 4. The first-order valence-electron chi connectivity index (χ1n) is 8.90. The van der Waals surface area contributed by atoms with Crippen LogP contribution in [0.3, 0.4) is 0 Å². The second kappa shape index (κ2) is 6.90. The summed E-state index contributed by atoms with van der Waals surface area (Å²) in [4.78, 5) is 37.4. The maximum absolute atomic E-state index is 12.2. The predicted molar refractivity (Wildman–Crippen MR) is 101 cm³/mol. The Bertz CT molecular complexity index is 851. The molecular weight excluding hydrogens is 330 g/mol. The summed E-state index contributed by atoms with van der Waals surface area (Å²) in [5.74, 6) is 1.38. The van der Waals surface area contributed by atoms with Crippen molar-refractivity contribution in [2.24, 2.45) is 0 Å². The molecule has 3 heterocycles. The van der Waals surface area contributed by atoms with Crippen molar-refractivity contribution >= 4 is 11.7 Å². The average molecular weight is 355 g/mol. The highest BCUT2D eigenvalue weighted by molar-refractivity contribution is 5.80. The molecule has 1 aliphatic heterocycles. The lowest BCUT2D eigenvalue weighted by molar-refractivity contribution is -0.131. The third-order valence-electron chi connectivity index (χ3n) is 4.48. The van der Waals surface area contributed by atoms with E-state index in [1.165, 1.54) is 6.07 Å². The Morgan fingerprint density at radius 2 is 2.08 bits per heavy atom. The second-order valence-electron chi connectivity index (χ2n) is 7.59. The van der Waals surface area contributed by atoms with Crippen LogP contribution in [0.4, 0.5) is 5.82 Å². The van der Waals surface area contributed by atoms with Crippen LogP contribution in [0.5, 0.6) is 0 Å². The summed E-state index contributed by atoms with van der Waals surface area (Å²) in [6, 6.07) is 5.26. The van der Waals surface area contributed by atoms with Gasteiger partial charge in [-0.15, -0.1) is 0 Å². The van der Waals surface area contributed by atoms with Crippen molar-refractivity contribution in [1.29, 1.82) is 0 Å². The summed E-state index contributed by atoms with van der Waals surface area (Å²) >= 11 is 0. The number of nitrogens with one attached hydrogen (secondary N) is 2. The average Bonchev–Trinajstić information content (AvgIpc) is 2.95. The number of hydrogen-bond donors (Lipinski definition) is 2. The maximum atomic E-state index is 12.2. The fourth-order valence-electron chi connectivity index (χ4n) is 3.11. The Balaban J connectivity index is 1.72. The lowest BCUT2D eigenvalue weighted by atomic mass is 10.1. The van der Waals surface area contributed by atoms with Gasteiger partial charge in [0.25, 0.3) is 5.56 Å². The first kappa shape index (κ1) is 18.1. The molecule has 0 spiro atoms. The van der Waals surface area contributed by atoms with Gasteiger partial charge in [0, 0.05) is 42.0 Å². The molecule has 0 bridgehead atoms. The molecule has 3 rings (SSSR count). The van der Waals surface area contributed by atoms with Crippen LogP contribution < -0.4 is 10.9 Å². The van der Waals surface area contributed by atoms with Crippen molar-refractivity contribution in [2.45, 2.75) is 52.1 Å². The van der Waals surface area contributed by atoms with Gasteiger partial charge in [0.1, 0.15) is 11.6 Å². The highest BCUT2D eigenvalue weighted by Gasteiger charge is 2.36. The van der Waals surface area contributed by atoms with E-state index in [9.17, 15) is 9.59 Å². The number of hydrogen-bond acceptors (Lipinski definition) is 5. The van der Waals surface area contributed by atoms with Gasteiger partial charge in [-0.1, -0.05) is 6.92 Å². The Kier molecular flexibility index (Phi) is 4.80. The Hall–Kier alpha value is -2.70. The van der Waals surface area contributed by atoms with Crippen LogP contribution in [0.1, 0.15) is 39.8 Å². The first-order chi connectivity index (χ1) is 12.3. The van der Waals surface area contributed by atoms with Crippen LogP contribution in [0, 0.1) is 0 Å². The van der Waals surface area contributed by atoms with Crippen LogP contribution in [0.2, 0.25) is 0 Å². The summed E-state index contributed by atoms with van der Waals surface area (Å²) in [6.45, 7) is 8.75. The van der Waals surface area contributed by atoms with Crippen molar-refractivity contribution < 1.29 is 4.79 Å². The highest BCUT2D eigenvalue weighted by Crippen LogP contribution is 2.24. The number of aromatic amines is 1. The zero-order valence-corrected chi connectivity index (χ0v) is 15.7. The first-order valence-corrected chi connectivity index (χ1v) is 8.90. The standard InChI is InChI=1S/C19H25N5O2/c1-5-13-8-16(25)23-18(22-13)12-6-7-15(20-10-12)21-14-9-17(26)24(11-14)19(2,3)4/h6-8,10,14H,5,9,11H2,1-4H3,(H,20,21)(H,22,23,25). The van der Waals surface area contributed by atoms with Gasteiger partial charge in [0.05, 0.1) is 6.04 Å². The second-order valence-corrected chi connectivity index (χ2v) is 7.59. The molecule has 2 aromatic rings. The number of likely N-dealkylation sites (tertiary alicyclic amines) is 1. The third-order valence-corrected chi connectivity index (χ3v) is 4.48. The number of anilines is 1. The zero-order valence-electron chi connectivity index (χ0n) is 15.7. The van der Waals surface area contributed by atoms with E-state index in [0.29, 0.717) is 31.0 Å². The Morgan fingerprint density at radius 3 is 2.65 bits per heavy atom. The number of H-pyrrole nitrogens is 1. The molecular formula is C19H25N5O2. The van der Waals surface area contributed by atoms with E-state index in [4.69, 9.17) is 0 Å². The van der Waals surface area contributed by atoms with Crippen molar-refractivity contribution in [3.63, 3.8) is 0 Å². The molecule has 1 unspecified atom stereocenters. The Morgan fingerprint density at radius 1 is 1.31 bits per heavy atom. The minimum Gasteiger partial charge on any atom is -0.365 e. The number of pyridine rings is 1. The lowest BCUT2D eigenvalue weighted by Crippen LogP contribution is -2.43. The lowest BCUT2D eigenvalue weighted by Gasteiger charge is -2.32. The van der Waals surface area contributed by atoms with Gasteiger partial charge >= 0.3 is 0 Å². The smallest absolute Gasteiger partial charge is 0.251 e. The summed E-state index contributed by atoms with van der Waals surface area (Å²) in [5.41, 5.74) is 1.16. The molecule has 1 saturated heterocycles. The van der Waals surface area contributed by atoms with E-state index < -0.39 is 0 Å². The summed E-state index contributed by atoms with van der Waals surface area (Å²) < 4.78 is 0. The van der Waals surface area contributed by atoms with Crippen LogP contribution in [-0.4, -0.2) is 43.9 Å². The monoisotopic (exact) mass is 355 g/mol. The van der Waals surface area contributed by atoms with Crippen LogP contribution >= 0.6 is 0 Å². The third kappa shape index (κ3) is 3.92.